The quantitative estimate of drug-likeness (QED) is 0.889. The van der Waals surface area contributed by atoms with Gasteiger partial charge in [0, 0.05) is 28.4 Å². The lowest BCUT2D eigenvalue weighted by Crippen LogP contribution is -2.34. The van der Waals surface area contributed by atoms with Gasteiger partial charge < -0.3 is 10.4 Å². The Morgan fingerprint density at radius 2 is 2.10 bits per heavy atom. The van der Waals surface area contributed by atoms with Crippen molar-refractivity contribution in [3.8, 4) is 0 Å². The van der Waals surface area contributed by atoms with Crippen molar-refractivity contribution in [3.63, 3.8) is 0 Å². The van der Waals surface area contributed by atoms with Gasteiger partial charge in [-0.1, -0.05) is 0 Å². The highest BCUT2D eigenvalue weighted by Gasteiger charge is 2.12. The van der Waals surface area contributed by atoms with Gasteiger partial charge in [-0.15, -0.1) is 11.3 Å². The molecule has 2 aromatic rings. The molecule has 1 atom stereocenters. The number of carbonyl (C=O) groups is 2. The second kappa shape index (κ2) is 6.49. The minimum absolute atomic E-state index is 0.00491. The number of aryl methyl sites for hydroxylation is 1. The molecule has 0 aliphatic carbocycles. The number of nitrogens with one attached hydrogen (secondary N) is 1. The molecule has 2 N–H and O–H groups in total. The van der Waals surface area contributed by atoms with Gasteiger partial charge in [-0.3, -0.25) is 4.79 Å². The molecule has 2 aromatic heterocycles. The predicted molar refractivity (Wildman–Crippen MR) is 80.9 cm³/mol. The predicted octanol–water partition coefficient (Wildman–Crippen LogP) is 2.51. The number of nitrogens with zero attached hydrogens (tertiary/aromatic N) is 1. The highest BCUT2D eigenvalue weighted by atomic mass is 32.1. The van der Waals surface area contributed by atoms with Crippen molar-refractivity contribution >= 4 is 23.2 Å². The van der Waals surface area contributed by atoms with E-state index in [0.29, 0.717) is 5.56 Å². The van der Waals surface area contributed by atoms with Gasteiger partial charge in [-0.2, -0.15) is 0 Å². The molecule has 0 radical (unpaired) electrons. The van der Waals surface area contributed by atoms with Crippen LogP contribution in [-0.4, -0.2) is 28.0 Å². The van der Waals surface area contributed by atoms with E-state index in [-0.39, 0.29) is 17.6 Å². The van der Waals surface area contributed by atoms with Gasteiger partial charge in [0.25, 0.3) is 5.91 Å². The first-order valence-corrected chi connectivity index (χ1v) is 7.33. The number of aromatic nitrogens is 1. The van der Waals surface area contributed by atoms with Gasteiger partial charge in [0.2, 0.25) is 0 Å². The van der Waals surface area contributed by atoms with Gasteiger partial charge in [0.15, 0.2) is 0 Å². The van der Waals surface area contributed by atoms with E-state index >= 15 is 0 Å². The fourth-order valence-corrected chi connectivity index (χ4v) is 2.93. The Bertz CT molecular complexity index is 649. The summed E-state index contributed by atoms with van der Waals surface area (Å²) in [6.07, 6.45) is 2.05. The maximum absolute atomic E-state index is 12.0. The van der Waals surface area contributed by atoms with Crippen molar-refractivity contribution in [1.82, 2.24) is 10.3 Å². The molecule has 0 saturated carbocycles. The van der Waals surface area contributed by atoms with Crippen molar-refractivity contribution in [1.29, 1.82) is 0 Å². The molecule has 0 aliphatic heterocycles. The van der Waals surface area contributed by atoms with Crippen LogP contribution in [0.1, 0.15) is 37.5 Å². The Kier molecular flexibility index (Phi) is 4.70. The van der Waals surface area contributed by atoms with E-state index < -0.39 is 5.97 Å². The number of rotatable bonds is 5. The summed E-state index contributed by atoms with van der Waals surface area (Å²) in [6.45, 7) is 3.99. The number of hydrogen-bond donors (Lipinski definition) is 2. The molecule has 1 amide bonds. The van der Waals surface area contributed by atoms with Crippen LogP contribution in [0.4, 0.5) is 0 Å². The van der Waals surface area contributed by atoms with Crippen molar-refractivity contribution in [2.75, 3.05) is 0 Å². The average molecular weight is 304 g/mol. The van der Waals surface area contributed by atoms with Crippen LogP contribution < -0.4 is 5.32 Å². The molecule has 0 aromatic carbocycles. The van der Waals surface area contributed by atoms with Crippen LogP contribution in [0.3, 0.4) is 0 Å². The van der Waals surface area contributed by atoms with E-state index in [2.05, 4.69) is 22.4 Å². The number of aromatic carboxylic acids is 1. The van der Waals surface area contributed by atoms with E-state index in [1.807, 2.05) is 13.8 Å². The zero-order chi connectivity index (χ0) is 15.4. The van der Waals surface area contributed by atoms with E-state index in [1.54, 1.807) is 11.3 Å². The van der Waals surface area contributed by atoms with Gasteiger partial charge in [-0.05, 0) is 38.1 Å². The Morgan fingerprint density at radius 3 is 2.62 bits per heavy atom. The molecular weight excluding hydrogens is 288 g/mol. The van der Waals surface area contributed by atoms with Crippen LogP contribution in [0.25, 0.3) is 0 Å². The first-order valence-electron chi connectivity index (χ1n) is 6.51. The minimum Gasteiger partial charge on any atom is -0.477 e. The Balaban J connectivity index is 1.95. The summed E-state index contributed by atoms with van der Waals surface area (Å²) in [4.78, 5) is 28.9. The van der Waals surface area contributed by atoms with Crippen LogP contribution in [0, 0.1) is 6.92 Å². The average Bonchev–Trinajstić information content (AvgIpc) is 2.83. The highest BCUT2D eigenvalue weighted by Crippen LogP contribution is 2.16. The smallest absolute Gasteiger partial charge is 0.354 e. The van der Waals surface area contributed by atoms with Gasteiger partial charge in [0.1, 0.15) is 5.69 Å². The zero-order valence-electron chi connectivity index (χ0n) is 11.8. The fourth-order valence-electron chi connectivity index (χ4n) is 1.91. The third-order valence-corrected chi connectivity index (χ3v) is 3.95. The maximum Gasteiger partial charge on any atom is 0.354 e. The highest BCUT2D eigenvalue weighted by molar-refractivity contribution is 7.11. The topological polar surface area (TPSA) is 79.3 Å². The number of carboxylic acids is 1. The SMILES string of the molecule is Cc1ccc(CC(C)NC(=O)c2ccc(C(=O)O)nc2)s1. The number of hydrogen-bond acceptors (Lipinski definition) is 4. The second-order valence-electron chi connectivity index (χ2n) is 4.83. The minimum atomic E-state index is -1.11. The molecule has 0 saturated heterocycles. The normalized spacial score (nSPS) is 11.9. The van der Waals surface area contributed by atoms with Gasteiger partial charge in [0.05, 0.1) is 5.56 Å². The number of pyridine rings is 1. The van der Waals surface area contributed by atoms with Crippen LogP contribution in [0.5, 0.6) is 0 Å². The molecule has 2 heterocycles. The monoisotopic (exact) mass is 304 g/mol. The molecule has 0 bridgehead atoms. The molecule has 1 unspecified atom stereocenters. The molecule has 6 heteroatoms. The fraction of sp³-hybridized carbons (Fsp3) is 0.267. The lowest BCUT2D eigenvalue weighted by molar-refractivity contribution is 0.0689. The first kappa shape index (κ1) is 15.2. The van der Waals surface area contributed by atoms with E-state index in [4.69, 9.17) is 5.11 Å². The summed E-state index contributed by atoms with van der Waals surface area (Å²) in [5, 5.41) is 11.6. The molecule has 110 valence electrons. The molecular formula is C15H16N2O3S. The molecule has 5 nitrogen and oxygen atoms in total. The Morgan fingerprint density at radius 1 is 1.33 bits per heavy atom. The third-order valence-electron chi connectivity index (χ3n) is 2.93. The zero-order valence-corrected chi connectivity index (χ0v) is 12.6. The first-order chi connectivity index (χ1) is 9.95. The Labute approximate surface area is 126 Å². The maximum atomic E-state index is 12.0. The van der Waals surface area contributed by atoms with Crippen LogP contribution >= 0.6 is 11.3 Å². The summed E-state index contributed by atoms with van der Waals surface area (Å²) in [6, 6.07) is 6.91. The second-order valence-corrected chi connectivity index (χ2v) is 6.20. The molecule has 0 spiro atoms. The third kappa shape index (κ3) is 4.13. The van der Waals surface area contributed by atoms with E-state index in [0.717, 1.165) is 6.42 Å². The number of amides is 1. The van der Waals surface area contributed by atoms with E-state index in [1.165, 1.54) is 28.1 Å². The summed E-state index contributed by atoms with van der Waals surface area (Å²) < 4.78 is 0. The van der Waals surface area contributed by atoms with Crippen molar-refractivity contribution < 1.29 is 14.7 Å². The lowest BCUT2D eigenvalue weighted by Gasteiger charge is -2.12. The van der Waals surface area contributed by atoms with Gasteiger partial charge in [-0.25, -0.2) is 9.78 Å². The summed E-state index contributed by atoms with van der Waals surface area (Å²) in [7, 11) is 0. The van der Waals surface area contributed by atoms with Crippen molar-refractivity contribution in [2.24, 2.45) is 0 Å². The number of carboxylic acid groups (broad SMARTS) is 1. The van der Waals surface area contributed by atoms with Crippen molar-refractivity contribution in [3.05, 3.63) is 51.5 Å². The van der Waals surface area contributed by atoms with Crippen LogP contribution in [-0.2, 0) is 6.42 Å². The van der Waals surface area contributed by atoms with Crippen LogP contribution in [0.15, 0.2) is 30.5 Å². The Hall–Kier alpha value is -2.21. The summed E-state index contributed by atoms with van der Waals surface area (Å²) in [5.41, 5.74) is 0.280. The molecule has 21 heavy (non-hydrogen) atoms. The molecule has 2 rings (SSSR count). The molecule has 0 fully saturated rings. The van der Waals surface area contributed by atoms with Gasteiger partial charge >= 0.3 is 5.97 Å². The number of carbonyl (C=O) groups excluding carboxylic acids is 1. The standard InChI is InChI=1S/C15H16N2O3S/c1-9(7-12-5-3-10(2)21-12)17-14(18)11-4-6-13(15(19)20)16-8-11/h3-6,8-9H,7H2,1-2H3,(H,17,18)(H,19,20). The summed E-state index contributed by atoms with van der Waals surface area (Å²) >= 11 is 1.72. The van der Waals surface area contributed by atoms with Crippen molar-refractivity contribution in [2.45, 2.75) is 26.3 Å². The molecule has 0 aliphatic rings. The lowest BCUT2D eigenvalue weighted by atomic mass is 10.2. The van der Waals surface area contributed by atoms with Crippen LogP contribution in [0.2, 0.25) is 0 Å². The largest absolute Gasteiger partial charge is 0.477 e. The number of thiophene rings is 1. The summed E-state index contributed by atoms with van der Waals surface area (Å²) in [5.74, 6) is -1.36. The van der Waals surface area contributed by atoms with E-state index in [9.17, 15) is 9.59 Å².